The highest BCUT2D eigenvalue weighted by atomic mass is 35.5. The minimum absolute atomic E-state index is 0.0198. The van der Waals surface area contributed by atoms with E-state index in [4.69, 9.17) is 11.6 Å². The molecule has 24 heavy (non-hydrogen) atoms. The zero-order valence-electron chi connectivity index (χ0n) is 13.3. The van der Waals surface area contributed by atoms with Gasteiger partial charge in [-0.1, -0.05) is 23.4 Å². The molecule has 1 aromatic carbocycles. The van der Waals surface area contributed by atoms with Crippen LogP contribution in [0.4, 0.5) is 11.4 Å². The molecule has 0 bridgehead atoms. The first-order chi connectivity index (χ1) is 11.3. The van der Waals surface area contributed by atoms with Crippen LogP contribution < -0.4 is 5.32 Å². The summed E-state index contributed by atoms with van der Waals surface area (Å²) >= 11 is 6.94. The van der Waals surface area contributed by atoms with Crippen LogP contribution >= 0.6 is 23.4 Å². The third-order valence-corrected chi connectivity index (χ3v) is 4.54. The lowest BCUT2D eigenvalue weighted by Crippen LogP contribution is -2.14. The normalized spacial score (nSPS) is 10.5. The Morgan fingerprint density at radius 3 is 2.50 bits per heavy atom. The highest BCUT2D eigenvalue weighted by Gasteiger charge is 2.14. The van der Waals surface area contributed by atoms with Gasteiger partial charge in [-0.3, -0.25) is 14.9 Å². The second-order valence-corrected chi connectivity index (χ2v) is 6.41. The number of thioether (sulfide) groups is 1. The first kappa shape index (κ1) is 18.2. The number of halogens is 1. The Labute approximate surface area is 148 Å². The molecule has 0 atom stereocenters. The third-order valence-electron chi connectivity index (χ3n) is 3.37. The lowest BCUT2D eigenvalue weighted by Gasteiger charge is -2.07. The first-order valence-corrected chi connectivity index (χ1v) is 8.32. The molecule has 1 amide bonds. The molecule has 0 saturated heterocycles. The van der Waals surface area contributed by atoms with Crippen LogP contribution in [-0.4, -0.2) is 26.6 Å². The van der Waals surface area contributed by atoms with Crippen LogP contribution in [0.2, 0.25) is 5.02 Å². The number of nitrogens with zero attached hydrogens (tertiary/aromatic N) is 3. The smallest absolute Gasteiger partial charge is 0.289 e. The van der Waals surface area contributed by atoms with Crippen LogP contribution in [0.15, 0.2) is 23.4 Å². The van der Waals surface area contributed by atoms with E-state index in [2.05, 4.69) is 15.3 Å². The molecule has 2 rings (SSSR count). The molecular formula is C15H15ClN4O3S. The predicted octanol–water partition coefficient (Wildman–Crippen LogP) is 3.69. The quantitative estimate of drug-likeness (QED) is 0.375. The Morgan fingerprint density at radius 2 is 1.92 bits per heavy atom. The number of hydrogen-bond acceptors (Lipinski definition) is 6. The molecule has 1 heterocycles. The summed E-state index contributed by atoms with van der Waals surface area (Å²) in [7, 11) is 0. The van der Waals surface area contributed by atoms with E-state index in [0.29, 0.717) is 10.8 Å². The zero-order valence-corrected chi connectivity index (χ0v) is 14.9. The number of amides is 1. The molecule has 0 aliphatic rings. The fourth-order valence-corrected chi connectivity index (χ4v) is 2.79. The fourth-order valence-electron chi connectivity index (χ4n) is 1.86. The topological polar surface area (TPSA) is 98.0 Å². The van der Waals surface area contributed by atoms with E-state index in [1.165, 1.54) is 30.0 Å². The Kier molecular flexibility index (Phi) is 5.74. The van der Waals surface area contributed by atoms with E-state index in [1.54, 1.807) is 0 Å². The van der Waals surface area contributed by atoms with Gasteiger partial charge in [0.15, 0.2) is 5.16 Å². The number of carbonyl (C=O) groups is 1. The van der Waals surface area contributed by atoms with Crippen molar-refractivity contribution in [3.63, 3.8) is 0 Å². The molecule has 0 saturated carbocycles. The monoisotopic (exact) mass is 366 g/mol. The number of anilines is 1. The molecule has 0 radical (unpaired) electrons. The van der Waals surface area contributed by atoms with Gasteiger partial charge in [0.2, 0.25) is 5.91 Å². The van der Waals surface area contributed by atoms with Crippen molar-refractivity contribution >= 4 is 40.6 Å². The van der Waals surface area contributed by atoms with Gasteiger partial charge in [-0.15, -0.1) is 0 Å². The molecule has 126 valence electrons. The van der Waals surface area contributed by atoms with Crippen molar-refractivity contribution in [3.05, 3.63) is 50.3 Å². The molecule has 0 aliphatic carbocycles. The maximum atomic E-state index is 12.0. The third kappa shape index (κ3) is 4.42. The van der Waals surface area contributed by atoms with Crippen molar-refractivity contribution < 1.29 is 9.72 Å². The van der Waals surface area contributed by atoms with E-state index in [-0.39, 0.29) is 22.4 Å². The Hall–Kier alpha value is -2.19. The van der Waals surface area contributed by atoms with Crippen molar-refractivity contribution in [2.45, 2.75) is 25.9 Å². The van der Waals surface area contributed by atoms with Crippen LogP contribution in [-0.2, 0) is 4.79 Å². The summed E-state index contributed by atoms with van der Waals surface area (Å²) in [4.78, 5) is 30.9. The largest absolute Gasteiger partial charge is 0.325 e. The summed E-state index contributed by atoms with van der Waals surface area (Å²) in [6.07, 6.45) is 0. The molecule has 9 heteroatoms. The van der Waals surface area contributed by atoms with E-state index in [9.17, 15) is 14.9 Å². The van der Waals surface area contributed by atoms with Crippen LogP contribution in [0.1, 0.15) is 17.0 Å². The first-order valence-electron chi connectivity index (χ1n) is 6.96. The van der Waals surface area contributed by atoms with Gasteiger partial charge in [-0.2, -0.15) is 0 Å². The molecule has 0 fully saturated rings. The molecule has 0 spiro atoms. The molecule has 7 nitrogen and oxygen atoms in total. The fraction of sp³-hybridized carbons (Fsp3) is 0.267. The minimum atomic E-state index is -0.599. The summed E-state index contributed by atoms with van der Waals surface area (Å²) in [5, 5.41) is 14.0. The average Bonchev–Trinajstić information content (AvgIpc) is 2.52. The van der Waals surface area contributed by atoms with E-state index in [1.807, 2.05) is 20.8 Å². The minimum Gasteiger partial charge on any atom is -0.325 e. The summed E-state index contributed by atoms with van der Waals surface area (Å²) < 4.78 is 0. The van der Waals surface area contributed by atoms with Crippen molar-refractivity contribution in [3.8, 4) is 0 Å². The summed E-state index contributed by atoms with van der Waals surface area (Å²) in [6, 6.07) is 4.11. The molecule has 1 aromatic heterocycles. The second-order valence-electron chi connectivity index (χ2n) is 5.06. The highest BCUT2D eigenvalue weighted by molar-refractivity contribution is 7.99. The van der Waals surface area contributed by atoms with Crippen molar-refractivity contribution in [2.75, 3.05) is 11.1 Å². The predicted molar refractivity (Wildman–Crippen MR) is 93.7 cm³/mol. The molecular weight excluding hydrogens is 352 g/mol. The summed E-state index contributed by atoms with van der Waals surface area (Å²) in [6.45, 7) is 5.72. The van der Waals surface area contributed by atoms with Gasteiger partial charge >= 0.3 is 0 Å². The number of aryl methyl sites for hydroxylation is 2. The van der Waals surface area contributed by atoms with Crippen LogP contribution in [0.5, 0.6) is 0 Å². The van der Waals surface area contributed by atoms with Crippen LogP contribution in [0.25, 0.3) is 0 Å². The van der Waals surface area contributed by atoms with E-state index < -0.39 is 4.92 Å². The number of rotatable bonds is 5. The van der Waals surface area contributed by atoms with E-state index in [0.717, 1.165) is 17.0 Å². The maximum Gasteiger partial charge on any atom is 0.289 e. The van der Waals surface area contributed by atoms with Crippen molar-refractivity contribution in [1.82, 2.24) is 9.97 Å². The summed E-state index contributed by atoms with van der Waals surface area (Å²) in [5.41, 5.74) is 2.83. The molecule has 2 aromatic rings. The number of nitro groups is 1. The van der Waals surface area contributed by atoms with Gasteiger partial charge in [-0.05, 0) is 38.5 Å². The van der Waals surface area contributed by atoms with Crippen molar-refractivity contribution in [1.29, 1.82) is 0 Å². The number of benzene rings is 1. The van der Waals surface area contributed by atoms with Gasteiger partial charge in [0, 0.05) is 23.1 Å². The number of carbonyl (C=O) groups excluding carboxylic acids is 1. The Balaban J connectivity index is 2.01. The summed E-state index contributed by atoms with van der Waals surface area (Å²) in [5.74, 6) is -0.214. The lowest BCUT2D eigenvalue weighted by atomic mass is 10.2. The average molecular weight is 367 g/mol. The number of hydrogen-bond donors (Lipinski definition) is 1. The SMILES string of the molecule is Cc1nc(SCC(=O)Nc2ccc(Cl)c([N+](=O)[O-])c2)nc(C)c1C. The Morgan fingerprint density at radius 1 is 1.29 bits per heavy atom. The maximum absolute atomic E-state index is 12.0. The van der Waals surface area contributed by atoms with Gasteiger partial charge in [0.05, 0.1) is 10.7 Å². The number of nitrogens with one attached hydrogen (secondary N) is 1. The second kappa shape index (κ2) is 7.59. The van der Waals surface area contributed by atoms with Crippen LogP contribution in [0.3, 0.4) is 0 Å². The van der Waals surface area contributed by atoms with Crippen molar-refractivity contribution in [2.24, 2.45) is 0 Å². The zero-order chi connectivity index (χ0) is 17.9. The van der Waals surface area contributed by atoms with Crippen LogP contribution in [0, 0.1) is 30.9 Å². The number of aromatic nitrogens is 2. The van der Waals surface area contributed by atoms with Gasteiger partial charge in [-0.25, -0.2) is 9.97 Å². The molecule has 1 N–H and O–H groups in total. The number of nitro benzene ring substituents is 1. The molecule has 0 unspecified atom stereocenters. The Bertz CT molecular complexity index is 790. The van der Waals surface area contributed by atoms with Gasteiger partial charge in [0.25, 0.3) is 5.69 Å². The van der Waals surface area contributed by atoms with Gasteiger partial charge < -0.3 is 5.32 Å². The highest BCUT2D eigenvalue weighted by Crippen LogP contribution is 2.27. The standard InChI is InChI=1S/C15H15ClN4O3S/c1-8-9(2)17-15(18-10(8)3)24-7-14(21)19-11-4-5-12(16)13(6-11)20(22)23/h4-6H,7H2,1-3H3,(H,19,21). The molecule has 0 aliphatic heterocycles. The van der Waals surface area contributed by atoms with Gasteiger partial charge in [0.1, 0.15) is 5.02 Å². The van der Waals surface area contributed by atoms with E-state index >= 15 is 0 Å². The lowest BCUT2D eigenvalue weighted by molar-refractivity contribution is -0.384.